The molecule has 0 aliphatic carbocycles. The SMILES string of the molecule is COc1ccc(CCN(C)Cc2ccc(N=C(C)c3c(O)[nH]c4ccc(N)cc34)cc2)cc1OC. The summed E-state index contributed by atoms with van der Waals surface area (Å²) in [6.07, 6.45) is 0.914. The van der Waals surface area contributed by atoms with Crippen LogP contribution in [0, 0.1) is 0 Å². The molecule has 4 rings (SSSR count). The third-order valence-electron chi connectivity index (χ3n) is 6.08. The molecule has 0 atom stereocenters. The first kappa shape index (κ1) is 24.2. The first-order chi connectivity index (χ1) is 16.9. The average Bonchev–Trinajstić information content (AvgIpc) is 3.18. The van der Waals surface area contributed by atoms with Gasteiger partial charge in [-0.1, -0.05) is 18.2 Å². The summed E-state index contributed by atoms with van der Waals surface area (Å²) in [6.45, 7) is 3.64. The Morgan fingerprint density at radius 3 is 2.40 bits per heavy atom. The van der Waals surface area contributed by atoms with Crippen LogP contribution in [0.2, 0.25) is 0 Å². The number of benzene rings is 3. The van der Waals surface area contributed by atoms with Crippen LogP contribution in [0.5, 0.6) is 17.4 Å². The number of aromatic nitrogens is 1. The van der Waals surface area contributed by atoms with E-state index in [2.05, 4.69) is 35.1 Å². The van der Waals surface area contributed by atoms with Crippen LogP contribution in [-0.4, -0.2) is 48.5 Å². The van der Waals surface area contributed by atoms with Crippen LogP contribution in [0.3, 0.4) is 0 Å². The summed E-state index contributed by atoms with van der Waals surface area (Å²) >= 11 is 0. The van der Waals surface area contributed by atoms with Gasteiger partial charge in [-0.3, -0.25) is 4.99 Å². The van der Waals surface area contributed by atoms with Crippen molar-refractivity contribution in [1.82, 2.24) is 9.88 Å². The number of aromatic hydroxyl groups is 1. The molecule has 4 aromatic rings. The number of rotatable bonds is 9. The van der Waals surface area contributed by atoms with E-state index in [1.165, 1.54) is 11.1 Å². The van der Waals surface area contributed by atoms with Gasteiger partial charge in [-0.05, 0) is 74.0 Å². The molecule has 0 spiro atoms. The highest BCUT2D eigenvalue weighted by molar-refractivity contribution is 6.13. The fourth-order valence-electron chi connectivity index (χ4n) is 4.23. The maximum Gasteiger partial charge on any atom is 0.198 e. The fraction of sp³-hybridized carbons (Fsp3) is 0.250. The lowest BCUT2D eigenvalue weighted by Gasteiger charge is -2.17. The van der Waals surface area contributed by atoms with Crippen molar-refractivity contribution >= 4 is 28.0 Å². The van der Waals surface area contributed by atoms with Gasteiger partial charge in [0.25, 0.3) is 0 Å². The molecule has 7 heteroatoms. The van der Waals surface area contributed by atoms with E-state index in [-0.39, 0.29) is 5.88 Å². The summed E-state index contributed by atoms with van der Waals surface area (Å²) in [6, 6.07) is 19.7. The second kappa shape index (κ2) is 10.5. The van der Waals surface area contributed by atoms with Crippen molar-refractivity contribution in [3.8, 4) is 17.4 Å². The highest BCUT2D eigenvalue weighted by Gasteiger charge is 2.14. The molecule has 35 heavy (non-hydrogen) atoms. The maximum absolute atomic E-state index is 10.4. The Kier molecular flexibility index (Phi) is 7.27. The Hall–Kier alpha value is -3.97. The van der Waals surface area contributed by atoms with Crippen molar-refractivity contribution in [3.05, 3.63) is 77.4 Å². The maximum atomic E-state index is 10.4. The lowest BCUT2D eigenvalue weighted by Crippen LogP contribution is -2.20. The van der Waals surface area contributed by atoms with Crippen molar-refractivity contribution in [1.29, 1.82) is 0 Å². The number of aliphatic imine (C=N–C) groups is 1. The minimum Gasteiger partial charge on any atom is -0.494 e. The monoisotopic (exact) mass is 472 g/mol. The van der Waals surface area contributed by atoms with Crippen molar-refractivity contribution in [2.45, 2.75) is 19.9 Å². The topological polar surface area (TPSA) is 96.1 Å². The highest BCUT2D eigenvalue weighted by Crippen LogP contribution is 2.31. The van der Waals surface area contributed by atoms with Crippen LogP contribution >= 0.6 is 0 Å². The number of ether oxygens (including phenoxy) is 2. The van der Waals surface area contributed by atoms with Gasteiger partial charge in [-0.25, -0.2) is 0 Å². The molecule has 0 aliphatic heterocycles. The standard InChI is InChI=1S/C28H32N4O3/c1-18(27-23-16-21(29)8-11-24(23)31-28(27)33)30-22-9-5-20(6-10-22)17-32(2)14-13-19-7-12-25(34-3)26(15-19)35-4/h5-12,15-16,31,33H,13-14,17,29H2,1-4H3. The predicted molar refractivity (Wildman–Crippen MR) is 142 cm³/mol. The van der Waals surface area contributed by atoms with Crippen LogP contribution in [0.4, 0.5) is 11.4 Å². The molecule has 4 N–H and O–H groups in total. The molecular weight excluding hydrogens is 440 g/mol. The van der Waals surface area contributed by atoms with Gasteiger partial charge in [0.15, 0.2) is 17.4 Å². The number of H-pyrrole nitrogens is 1. The van der Waals surface area contributed by atoms with Crippen LogP contribution in [0.1, 0.15) is 23.6 Å². The zero-order chi connectivity index (χ0) is 24.9. The molecule has 3 aromatic carbocycles. The molecule has 0 fully saturated rings. The van der Waals surface area contributed by atoms with Crippen LogP contribution < -0.4 is 15.2 Å². The number of methoxy groups -OCH3 is 2. The molecule has 0 amide bonds. The third-order valence-corrected chi connectivity index (χ3v) is 6.08. The Labute approximate surface area is 205 Å². The van der Waals surface area contributed by atoms with E-state index in [0.29, 0.717) is 11.3 Å². The number of nitrogens with two attached hydrogens (primary N) is 1. The summed E-state index contributed by atoms with van der Waals surface area (Å²) in [7, 11) is 5.41. The van der Waals surface area contributed by atoms with Gasteiger partial charge in [-0.15, -0.1) is 0 Å². The number of anilines is 1. The van der Waals surface area contributed by atoms with Crippen LogP contribution in [0.25, 0.3) is 10.9 Å². The molecule has 0 unspecified atom stereocenters. The van der Waals surface area contributed by atoms with Gasteiger partial charge >= 0.3 is 0 Å². The fourth-order valence-corrected chi connectivity index (χ4v) is 4.23. The Morgan fingerprint density at radius 2 is 1.69 bits per heavy atom. The molecule has 0 bridgehead atoms. The summed E-state index contributed by atoms with van der Waals surface area (Å²) in [5, 5.41) is 11.3. The van der Waals surface area contributed by atoms with E-state index < -0.39 is 0 Å². The Balaban J connectivity index is 1.40. The van der Waals surface area contributed by atoms with Gasteiger partial charge in [0, 0.05) is 29.7 Å². The number of aromatic amines is 1. The average molecular weight is 473 g/mol. The van der Waals surface area contributed by atoms with Gasteiger partial charge in [0.2, 0.25) is 0 Å². The van der Waals surface area contributed by atoms with Crippen LogP contribution in [-0.2, 0) is 13.0 Å². The van der Waals surface area contributed by atoms with Crippen LogP contribution in [0.15, 0.2) is 65.7 Å². The lowest BCUT2D eigenvalue weighted by molar-refractivity contribution is 0.330. The largest absolute Gasteiger partial charge is 0.494 e. The van der Waals surface area contributed by atoms with E-state index in [1.807, 2.05) is 43.3 Å². The molecule has 1 heterocycles. The summed E-state index contributed by atoms with van der Waals surface area (Å²) < 4.78 is 10.7. The number of likely N-dealkylation sites (N-methyl/N-ethyl adjacent to an activating group) is 1. The Bertz CT molecular complexity index is 1340. The molecule has 0 aliphatic rings. The van der Waals surface area contributed by atoms with E-state index >= 15 is 0 Å². The molecule has 1 aromatic heterocycles. The summed E-state index contributed by atoms with van der Waals surface area (Å²) in [5.74, 6) is 1.59. The van der Waals surface area contributed by atoms with E-state index in [1.54, 1.807) is 20.3 Å². The normalized spacial score (nSPS) is 11.9. The van der Waals surface area contributed by atoms with E-state index in [4.69, 9.17) is 20.2 Å². The second-order valence-corrected chi connectivity index (χ2v) is 8.69. The van der Waals surface area contributed by atoms with Gasteiger partial charge in [0.05, 0.1) is 31.2 Å². The van der Waals surface area contributed by atoms with E-state index in [9.17, 15) is 5.11 Å². The van der Waals surface area contributed by atoms with Crippen molar-refractivity contribution < 1.29 is 14.6 Å². The Morgan fingerprint density at radius 1 is 0.971 bits per heavy atom. The minimum atomic E-state index is 0.0968. The molecule has 182 valence electrons. The van der Waals surface area contributed by atoms with Gasteiger partial charge in [-0.2, -0.15) is 0 Å². The number of nitrogens with one attached hydrogen (secondary N) is 1. The van der Waals surface area contributed by atoms with Gasteiger partial charge < -0.3 is 30.2 Å². The highest BCUT2D eigenvalue weighted by atomic mass is 16.5. The van der Waals surface area contributed by atoms with E-state index in [0.717, 1.165) is 53.3 Å². The molecule has 0 saturated carbocycles. The molecule has 0 radical (unpaired) electrons. The third kappa shape index (κ3) is 5.58. The minimum absolute atomic E-state index is 0.0968. The number of nitrogen functional groups attached to an aromatic ring is 1. The smallest absolute Gasteiger partial charge is 0.198 e. The second-order valence-electron chi connectivity index (χ2n) is 8.69. The number of nitrogens with zero attached hydrogens (tertiary/aromatic N) is 2. The molecular formula is C28H32N4O3. The predicted octanol–water partition coefficient (Wildman–Crippen LogP) is 5.29. The summed E-state index contributed by atoms with van der Waals surface area (Å²) in [4.78, 5) is 10.0. The number of hydrogen-bond donors (Lipinski definition) is 3. The summed E-state index contributed by atoms with van der Waals surface area (Å²) in [5.41, 5.74) is 12.0. The quantitative estimate of drug-likeness (QED) is 0.227. The molecule has 0 saturated heterocycles. The van der Waals surface area contributed by atoms with Gasteiger partial charge in [0.1, 0.15) is 0 Å². The lowest BCUT2D eigenvalue weighted by atomic mass is 10.1. The first-order valence-electron chi connectivity index (χ1n) is 11.5. The number of hydrogen-bond acceptors (Lipinski definition) is 6. The van der Waals surface area contributed by atoms with Crippen molar-refractivity contribution in [2.24, 2.45) is 4.99 Å². The first-order valence-corrected chi connectivity index (χ1v) is 11.5. The zero-order valence-electron chi connectivity index (χ0n) is 20.6. The zero-order valence-corrected chi connectivity index (χ0v) is 20.6. The molecule has 7 nitrogen and oxygen atoms in total. The van der Waals surface area contributed by atoms with Crippen molar-refractivity contribution in [3.63, 3.8) is 0 Å². The number of fused-ring (bicyclic) bond motifs is 1. The van der Waals surface area contributed by atoms with Crippen molar-refractivity contribution in [2.75, 3.05) is 33.5 Å².